The summed E-state index contributed by atoms with van der Waals surface area (Å²) in [4.78, 5) is 14.6. The highest BCUT2D eigenvalue weighted by Gasteiger charge is 2.16. The lowest BCUT2D eigenvalue weighted by Crippen LogP contribution is -2.25. The van der Waals surface area contributed by atoms with Crippen LogP contribution in [0.4, 0.5) is 4.39 Å². The van der Waals surface area contributed by atoms with Gasteiger partial charge in [0, 0.05) is 28.7 Å². The molecule has 2 aromatic carbocycles. The van der Waals surface area contributed by atoms with Crippen molar-refractivity contribution >= 4 is 38.9 Å². The summed E-state index contributed by atoms with van der Waals surface area (Å²) >= 11 is 7.16. The Kier molecular flexibility index (Phi) is 4.14. The predicted molar refractivity (Wildman–Crippen MR) is 89.0 cm³/mol. The van der Waals surface area contributed by atoms with E-state index in [1.807, 2.05) is 18.2 Å². The average molecular weight is 334 g/mol. The maximum Gasteiger partial charge on any atom is 0.264 e. The molecule has 0 N–H and O–H groups in total. The number of amides is 1. The molecule has 0 bridgehead atoms. The standard InChI is InChI=1S/C17H13ClFNOS/c1-20(10-11-5-7-12(18)8-6-11)17(21)16-9-13-14(19)3-2-4-15(13)22-16/h2-9H,10H2,1H3. The van der Waals surface area contributed by atoms with Crippen LogP contribution in [0, 0.1) is 5.82 Å². The van der Waals surface area contributed by atoms with Gasteiger partial charge in [-0.1, -0.05) is 29.8 Å². The van der Waals surface area contributed by atoms with Crippen molar-refractivity contribution in [2.75, 3.05) is 7.05 Å². The molecule has 0 aliphatic rings. The quantitative estimate of drug-likeness (QED) is 0.663. The number of benzene rings is 2. The highest BCUT2D eigenvalue weighted by atomic mass is 35.5. The monoisotopic (exact) mass is 333 g/mol. The van der Waals surface area contributed by atoms with E-state index in [1.54, 1.807) is 36.2 Å². The first-order valence-electron chi connectivity index (χ1n) is 6.72. The Labute approximate surface area is 136 Å². The topological polar surface area (TPSA) is 20.3 Å². The lowest BCUT2D eigenvalue weighted by molar-refractivity contribution is 0.0790. The first-order chi connectivity index (χ1) is 10.5. The Hall–Kier alpha value is -1.91. The summed E-state index contributed by atoms with van der Waals surface area (Å²) in [6.07, 6.45) is 0. The van der Waals surface area contributed by atoms with Crippen molar-refractivity contribution in [1.29, 1.82) is 0 Å². The highest BCUT2D eigenvalue weighted by Crippen LogP contribution is 2.28. The van der Waals surface area contributed by atoms with Crippen molar-refractivity contribution < 1.29 is 9.18 Å². The fourth-order valence-corrected chi connectivity index (χ4v) is 3.45. The van der Waals surface area contributed by atoms with Gasteiger partial charge in [0.25, 0.3) is 5.91 Å². The minimum absolute atomic E-state index is 0.115. The maximum atomic E-state index is 13.7. The van der Waals surface area contributed by atoms with Gasteiger partial charge in [0.1, 0.15) is 5.82 Å². The van der Waals surface area contributed by atoms with Gasteiger partial charge in [-0.25, -0.2) is 4.39 Å². The molecule has 0 aliphatic heterocycles. The molecule has 0 fully saturated rings. The molecule has 2 nitrogen and oxygen atoms in total. The average Bonchev–Trinajstić information content (AvgIpc) is 2.94. The number of thiophene rings is 1. The third-order valence-corrected chi connectivity index (χ3v) is 4.74. The minimum atomic E-state index is -0.298. The first kappa shape index (κ1) is 15.0. The van der Waals surface area contributed by atoms with Gasteiger partial charge in [-0.3, -0.25) is 4.79 Å². The zero-order valence-electron chi connectivity index (χ0n) is 11.8. The molecule has 112 valence electrons. The van der Waals surface area contributed by atoms with E-state index in [4.69, 9.17) is 11.6 Å². The molecule has 3 rings (SSSR count). The van der Waals surface area contributed by atoms with Crippen molar-refractivity contribution in [3.8, 4) is 0 Å². The summed E-state index contributed by atoms with van der Waals surface area (Å²) in [5.41, 5.74) is 0.993. The normalized spacial score (nSPS) is 10.9. The fourth-order valence-electron chi connectivity index (χ4n) is 2.25. The second kappa shape index (κ2) is 6.07. The molecule has 0 unspecified atom stereocenters. The van der Waals surface area contributed by atoms with E-state index in [-0.39, 0.29) is 11.7 Å². The molecule has 0 saturated carbocycles. The Morgan fingerprint density at radius 2 is 1.95 bits per heavy atom. The second-order valence-corrected chi connectivity index (χ2v) is 6.57. The molecule has 1 heterocycles. The van der Waals surface area contributed by atoms with Crippen LogP contribution in [-0.2, 0) is 6.54 Å². The Morgan fingerprint density at radius 3 is 2.64 bits per heavy atom. The molecule has 0 saturated heterocycles. The van der Waals surface area contributed by atoms with Gasteiger partial charge in [-0.15, -0.1) is 11.3 Å². The molecule has 0 atom stereocenters. The van der Waals surface area contributed by atoms with Gasteiger partial charge in [0.2, 0.25) is 0 Å². The Bertz CT molecular complexity index is 828. The zero-order valence-corrected chi connectivity index (χ0v) is 13.4. The second-order valence-electron chi connectivity index (χ2n) is 5.05. The van der Waals surface area contributed by atoms with E-state index >= 15 is 0 Å². The van der Waals surface area contributed by atoms with Crippen molar-refractivity contribution in [2.24, 2.45) is 0 Å². The molecule has 0 spiro atoms. The smallest absolute Gasteiger partial charge is 0.264 e. The van der Waals surface area contributed by atoms with Gasteiger partial charge in [-0.05, 0) is 35.9 Å². The zero-order chi connectivity index (χ0) is 15.7. The molecule has 3 aromatic rings. The molecule has 5 heteroatoms. The van der Waals surface area contributed by atoms with Crippen LogP contribution in [-0.4, -0.2) is 17.9 Å². The minimum Gasteiger partial charge on any atom is -0.337 e. The largest absolute Gasteiger partial charge is 0.337 e. The maximum absolute atomic E-state index is 13.7. The van der Waals surface area contributed by atoms with Crippen molar-refractivity contribution in [2.45, 2.75) is 6.54 Å². The number of rotatable bonds is 3. The van der Waals surface area contributed by atoms with Gasteiger partial charge in [0.05, 0.1) is 4.88 Å². The van der Waals surface area contributed by atoms with E-state index < -0.39 is 0 Å². The van der Waals surface area contributed by atoms with E-state index in [0.29, 0.717) is 21.8 Å². The van der Waals surface area contributed by atoms with Crippen LogP contribution in [0.15, 0.2) is 48.5 Å². The molecule has 1 amide bonds. The summed E-state index contributed by atoms with van der Waals surface area (Å²) in [6.45, 7) is 0.479. The lowest BCUT2D eigenvalue weighted by Gasteiger charge is -2.16. The SMILES string of the molecule is CN(Cc1ccc(Cl)cc1)C(=O)c1cc2c(F)cccc2s1. The summed E-state index contributed by atoms with van der Waals surface area (Å²) in [5, 5.41) is 1.16. The van der Waals surface area contributed by atoms with Crippen LogP contribution in [0.1, 0.15) is 15.2 Å². The van der Waals surface area contributed by atoms with Gasteiger partial charge in [0.15, 0.2) is 0 Å². The Balaban J connectivity index is 1.82. The van der Waals surface area contributed by atoms with Crippen LogP contribution in [0.3, 0.4) is 0 Å². The van der Waals surface area contributed by atoms with E-state index in [9.17, 15) is 9.18 Å². The number of fused-ring (bicyclic) bond motifs is 1. The van der Waals surface area contributed by atoms with Crippen LogP contribution in [0.25, 0.3) is 10.1 Å². The predicted octanol–water partition coefficient (Wildman–Crippen LogP) is 4.97. The van der Waals surface area contributed by atoms with Gasteiger partial charge >= 0.3 is 0 Å². The molecular weight excluding hydrogens is 321 g/mol. The third-order valence-electron chi connectivity index (χ3n) is 3.40. The Morgan fingerprint density at radius 1 is 1.23 bits per heavy atom. The number of nitrogens with zero attached hydrogens (tertiary/aromatic N) is 1. The van der Waals surface area contributed by atoms with Crippen LogP contribution in [0.5, 0.6) is 0 Å². The van der Waals surface area contributed by atoms with Crippen molar-refractivity contribution in [3.63, 3.8) is 0 Å². The van der Waals surface area contributed by atoms with E-state index in [0.717, 1.165) is 10.3 Å². The lowest BCUT2D eigenvalue weighted by atomic mass is 10.2. The summed E-state index contributed by atoms with van der Waals surface area (Å²) in [7, 11) is 1.73. The number of hydrogen-bond donors (Lipinski definition) is 0. The number of hydrogen-bond acceptors (Lipinski definition) is 2. The molecule has 1 aromatic heterocycles. The van der Waals surface area contributed by atoms with Crippen LogP contribution < -0.4 is 0 Å². The molecule has 22 heavy (non-hydrogen) atoms. The number of carbonyl (C=O) groups is 1. The highest BCUT2D eigenvalue weighted by molar-refractivity contribution is 7.20. The summed E-state index contributed by atoms with van der Waals surface area (Å²) < 4.78 is 14.5. The third kappa shape index (κ3) is 2.98. The van der Waals surface area contributed by atoms with Crippen molar-refractivity contribution in [1.82, 2.24) is 4.90 Å². The van der Waals surface area contributed by atoms with E-state index in [1.165, 1.54) is 17.4 Å². The molecule has 0 aliphatic carbocycles. The summed E-state index contributed by atoms with van der Waals surface area (Å²) in [6, 6.07) is 13.9. The van der Waals surface area contributed by atoms with Crippen molar-refractivity contribution in [3.05, 3.63) is 69.8 Å². The van der Waals surface area contributed by atoms with E-state index in [2.05, 4.69) is 0 Å². The first-order valence-corrected chi connectivity index (χ1v) is 7.92. The molecular formula is C17H13ClFNOS. The van der Waals surface area contributed by atoms with Gasteiger partial charge in [-0.2, -0.15) is 0 Å². The van der Waals surface area contributed by atoms with Crippen LogP contribution >= 0.6 is 22.9 Å². The number of halogens is 2. The fraction of sp³-hybridized carbons (Fsp3) is 0.118. The number of carbonyl (C=O) groups excluding carboxylic acids is 1. The molecule has 0 radical (unpaired) electrons. The summed E-state index contributed by atoms with van der Waals surface area (Å²) in [5.74, 6) is -0.413. The van der Waals surface area contributed by atoms with Crippen LogP contribution in [0.2, 0.25) is 5.02 Å². The van der Waals surface area contributed by atoms with Gasteiger partial charge < -0.3 is 4.90 Å².